The lowest BCUT2D eigenvalue weighted by Gasteiger charge is -2.33. The van der Waals surface area contributed by atoms with Crippen molar-refractivity contribution in [1.29, 1.82) is 0 Å². The van der Waals surface area contributed by atoms with Crippen LogP contribution in [-0.4, -0.2) is 31.3 Å². The van der Waals surface area contributed by atoms with Crippen LogP contribution in [0.15, 0.2) is 12.1 Å². The third-order valence-corrected chi connectivity index (χ3v) is 3.32. The molecule has 0 radical (unpaired) electrons. The van der Waals surface area contributed by atoms with Gasteiger partial charge in [-0.05, 0) is 25.0 Å². The minimum Gasteiger partial charge on any atom is -0.380 e. The Morgan fingerprint density at radius 1 is 1.45 bits per heavy atom. The normalized spacial score (nSPS) is 20.1. The fourth-order valence-electron chi connectivity index (χ4n) is 2.25. The first-order valence-electron chi connectivity index (χ1n) is 6.27. The molecule has 8 heteroatoms. The SMILES string of the molecule is COC1CCCN(c2cc(C(F)(F)F)cc(NN)n2)C1. The lowest BCUT2D eigenvalue weighted by molar-refractivity contribution is -0.137. The molecule has 1 fully saturated rings. The van der Waals surface area contributed by atoms with Gasteiger partial charge in [0.15, 0.2) is 0 Å². The molecule has 0 saturated carbocycles. The molecule has 1 unspecified atom stereocenters. The van der Waals surface area contributed by atoms with Crippen LogP contribution in [0.1, 0.15) is 18.4 Å². The topological polar surface area (TPSA) is 63.4 Å². The number of ether oxygens (including phenoxy) is 1. The van der Waals surface area contributed by atoms with Crippen LogP contribution in [0, 0.1) is 0 Å². The minimum absolute atomic E-state index is 0.00522. The molecule has 0 aromatic carbocycles. The maximum atomic E-state index is 12.9. The molecule has 1 aliphatic heterocycles. The summed E-state index contributed by atoms with van der Waals surface area (Å²) in [5.41, 5.74) is 1.41. The number of pyridine rings is 1. The average molecular weight is 290 g/mol. The van der Waals surface area contributed by atoms with Gasteiger partial charge in [-0.15, -0.1) is 0 Å². The van der Waals surface area contributed by atoms with Gasteiger partial charge in [-0.3, -0.25) is 0 Å². The van der Waals surface area contributed by atoms with Gasteiger partial charge in [-0.2, -0.15) is 13.2 Å². The van der Waals surface area contributed by atoms with Gasteiger partial charge in [-0.25, -0.2) is 10.8 Å². The lowest BCUT2D eigenvalue weighted by atomic mass is 10.1. The zero-order chi connectivity index (χ0) is 14.8. The standard InChI is InChI=1S/C12H17F3N4O/c1-20-9-3-2-4-19(7-9)11-6-8(12(13,14)15)5-10(17-11)18-16/h5-6,9H,2-4,7,16H2,1H3,(H,17,18). The predicted molar refractivity (Wildman–Crippen MR) is 69.3 cm³/mol. The number of nitrogen functional groups attached to an aromatic ring is 1. The van der Waals surface area contributed by atoms with Crippen molar-refractivity contribution in [3.05, 3.63) is 17.7 Å². The molecule has 1 aliphatic rings. The number of methoxy groups -OCH3 is 1. The summed E-state index contributed by atoms with van der Waals surface area (Å²) in [7, 11) is 1.60. The van der Waals surface area contributed by atoms with E-state index in [-0.39, 0.29) is 17.7 Å². The first-order valence-corrected chi connectivity index (χ1v) is 6.27. The fourth-order valence-corrected chi connectivity index (χ4v) is 2.25. The molecule has 1 aromatic rings. The average Bonchev–Trinajstić information content (AvgIpc) is 2.46. The summed E-state index contributed by atoms with van der Waals surface area (Å²) in [4.78, 5) is 5.88. The summed E-state index contributed by atoms with van der Waals surface area (Å²) in [5.74, 6) is 5.44. The molecule has 0 bridgehead atoms. The number of hydrogen-bond acceptors (Lipinski definition) is 5. The number of hydrogen-bond donors (Lipinski definition) is 2. The van der Waals surface area contributed by atoms with E-state index >= 15 is 0 Å². The molecule has 0 amide bonds. The van der Waals surface area contributed by atoms with Crippen LogP contribution in [-0.2, 0) is 10.9 Å². The molecule has 0 aliphatic carbocycles. The van der Waals surface area contributed by atoms with Gasteiger partial charge < -0.3 is 15.1 Å². The third-order valence-electron chi connectivity index (χ3n) is 3.32. The van der Waals surface area contributed by atoms with Crippen molar-refractivity contribution in [2.45, 2.75) is 25.1 Å². The van der Waals surface area contributed by atoms with E-state index in [1.54, 1.807) is 12.0 Å². The van der Waals surface area contributed by atoms with Crippen molar-refractivity contribution < 1.29 is 17.9 Å². The van der Waals surface area contributed by atoms with Crippen LogP contribution >= 0.6 is 0 Å². The molecule has 5 nitrogen and oxygen atoms in total. The first kappa shape index (κ1) is 14.9. The van der Waals surface area contributed by atoms with E-state index in [9.17, 15) is 13.2 Å². The number of aromatic nitrogens is 1. The number of alkyl halides is 3. The van der Waals surface area contributed by atoms with Crippen LogP contribution in [0.3, 0.4) is 0 Å². The number of anilines is 2. The number of nitrogens with zero attached hydrogens (tertiary/aromatic N) is 2. The molecule has 3 N–H and O–H groups in total. The summed E-state index contributed by atoms with van der Waals surface area (Å²) >= 11 is 0. The highest BCUT2D eigenvalue weighted by Gasteiger charge is 2.32. The van der Waals surface area contributed by atoms with Gasteiger partial charge >= 0.3 is 6.18 Å². The number of nitrogens with two attached hydrogens (primary N) is 1. The smallest absolute Gasteiger partial charge is 0.380 e. The molecular weight excluding hydrogens is 273 g/mol. The number of hydrazine groups is 1. The van der Waals surface area contributed by atoms with Gasteiger partial charge in [-0.1, -0.05) is 0 Å². The molecule has 2 rings (SSSR count). The van der Waals surface area contributed by atoms with E-state index in [4.69, 9.17) is 10.6 Å². The second-order valence-corrected chi connectivity index (χ2v) is 4.69. The Labute approximate surface area is 114 Å². The molecule has 112 valence electrons. The van der Waals surface area contributed by atoms with E-state index in [1.807, 2.05) is 0 Å². The van der Waals surface area contributed by atoms with Crippen molar-refractivity contribution in [1.82, 2.24) is 4.98 Å². The first-order chi connectivity index (χ1) is 9.44. The van der Waals surface area contributed by atoms with Crippen molar-refractivity contribution in [2.24, 2.45) is 5.84 Å². The maximum absolute atomic E-state index is 12.9. The lowest BCUT2D eigenvalue weighted by Crippen LogP contribution is -2.39. The zero-order valence-electron chi connectivity index (χ0n) is 11.1. The second-order valence-electron chi connectivity index (χ2n) is 4.69. The zero-order valence-corrected chi connectivity index (χ0v) is 11.1. The van der Waals surface area contributed by atoms with E-state index in [0.717, 1.165) is 25.0 Å². The Morgan fingerprint density at radius 2 is 2.20 bits per heavy atom. The van der Waals surface area contributed by atoms with E-state index in [1.165, 1.54) is 0 Å². The summed E-state index contributed by atoms with van der Waals surface area (Å²) in [6.07, 6.45) is -2.68. The van der Waals surface area contributed by atoms with E-state index < -0.39 is 11.7 Å². The van der Waals surface area contributed by atoms with Crippen molar-refractivity contribution in [3.63, 3.8) is 0 Å². The van der Waals surface area contributed by atoms with Gasteiger partial charge in [0.1, 0.15) is 11.6 Å². The van der Waals surface area contributed by atoms with Gasteiger partial charge in [0.2, 0.25) is 0 Å². The van der Waals surface area contributed by atoms with Crippen LogP contribution in [0.5, 0.6) is 0 Å². The summed E-state index contributed by atoms with van der Waals surface area (Å²) in [5, 5.41) is 0. The third kappa shape index (κ3) is 3.31. The largest absolute Gasteiger partial charge is 0.416 e. The van der Waals surface area contributed by atoms with Gasteiger partial charge in [0, 0.05) is 20.2 Å². The predicted octanol–water partition coefficient (Wildman–Crippen LogP) is 2.00. The Morgan fingerprint density at radius 3 is 2.80 bits per heavy atom. The molecule has 1 saturated heterocycles. The monoisotopic (exact) mass is 290 g/mol. The number of nitrogens with one attached hydrogen (secondary N) is 1. The molecule has 20 heavy (non-hydrogen) atoms. The number of rotatable bonds is 3. The Kier molecular flexibility index (Phi) is 4.34. The molecular formula is C12H17F3N4O. The second kappa shape index (κ2) is 5.84. The van der Waals surface area contributed by atoms with Gasteiger partial charge in [0.05, 0.1) is 11.7 Å². The Hall–Kier alpha value is -1.54. The molecule has 1 atom stereocenters. The van der Waals surface area contributed by atoms with Gasteiger partial charge in [0.25, 0.3) is 0 Å². The highest BCUT2D eigenvalue weighted by molar-refractivity contribution is 5.51. The molecule has 0 spiro atoms. The Bertz CT molecular complexity index is 467. The molecule has 2 heterocycles. The van der Waals surface area contributed by atoms with Crippen LogP contribution < -0.4 is 16.2 Å². The van der Waals surface area contributed by atoms with E-state index in [0.29, 0.717) is 13.1 Å². The molecule has 1 aromatic heterocycles. The van der Waals surface area contributed by atoms with E-state index in [2.05, 4.69) is 10.4 Å². The maximum Gasteiger partial charge on any atom is 0.416 e. The minimum atomic E-state index is -4.43. The number of halogens is 3. The van der Waals surface area contributed by atoms with Crippen LogP contribution in [0.2, 0.25) is 0 Å². The highest BCUT2D eigenvalue weighted by Crippen LogP contribution is 2.33. The summed E-state index contributed by atoms with van der Waals surface area (Å²) in [6.45, 7) is 1.17. The number of piperidine rings is 1. The van der Waals surface area contributed by atoms with Crippen molar-refractivity contribution in [2.75, 3.05) is 30.5 Å². The summed E-state index contributed by atoms with van der Waals surface area (Å²) in [6, 6.07) is 1.93. The van der Waals surface area contributed by atoms with Crippen molar-refractivity contribution in [3.8, 4) is 0 Å². The fraction of sp³-hybridized carbons (Fsp3) is 0.583. The summed E-state index contributed by atoms with van der Waals surface area (Å²) < 4.78 is 43.8. The highest BCUT2D eigenvalue weighted by atomic mass is 19.4. The van der Waals surface area contributed by atoms with Crippen molar-refractivity contribution >= 4 is 11.6 Å². The van der Waals surface area contributed by atoms with Crippen LogP contribution in [0.25, 0.3) is 0 Å². The van der Waals surface area contributed by atoms with Crippen LogP contribution in [0.4, 0.5) is 24.8 Å². The quantitative estimate of drug-likeness (QED) is 0.658. The Balaban J connectivity index is 2.30.